The van der Waals surface area contributed by atoms with Gasteiger partial charge in [0, 0.05) is 54.5 Å². The molecule has 2 atom stereocenters. The normalized spacial score (nSPS) is 18.0. The van der Waals surface area contributed by atoms with E-state index in [2.05, 4.69) is 50.5 Å². The molecule has 0 saturated carbocycles. The van der Waals surface area contributed by atoms with E-state index in [0.29, 0.717) is 33.0 Å². The molecule has 5 heterocycles. The lowest BCUT2D eigenvalue weighted by Gasteiger charge is -2.32. The van der Waals surface area contributed by atoms with Crippen LogP contribution in [-0.4, -0.2) is 74.6 Å². The average molecular weight is 648 g/mol. The molecule has 1 fully saturated rings. The van der Waals surface area contributed by atoms with Crippen LogP contribution in [0.25, 0.3) is 22.0 Å². The summed E-state index contributed by atoms with van der Waals surface area (Å²) in [7, 11) is 1.75. The van der Waals surface area contributed by atoms with E-state index in [1.165, 1.54) is 16.9 Å². The van der Waals surface area contributed by atoms with Gasteiger partial charge in [-0.05, 0) is 61.5 Å². The van der Waals surface area contributed by atoms with Crippen LogP contribution in [0.1, 0.15) is 47.3 Å². The number of piperidine rings is 1. The van der Waals surface area contributed by atoms with Gasteiger partial charge in [0.05, 0.1) is 30.2 Å². The Balaban J connectivity index is 1.19. The molecule has 9 nitrogen and oxygen atoms in total. The molecule has 7 rings (SSSR count). The SMILES string of the molecule is COCCN1CCC(c2ccc(-c3cc(C)c4cn(C(C(=O)Nc5nccs5)c5ncn6c5CC(F)C6)nc4c3Cl)cc2)CC1. The molecule has 1 amide bonds. The first kappa shape index (κ1) is 30.0. The minimum Gasteiger partial charge on any atom is -0.383 e. The molecular formula is C33H35ClFN7O2S. The smallest absolute Gasteiger partial charge is 0.257 e. The Morgan fingerprint density at radius 1 is 1.22 bits per heavy atom. The van der Waals surface area contributed by atoms with Gasteiger partial charge < -0.3 is 14.2 Å². The summed E-state index contributed by atoms with van der Waals surface area (Å²) in [5, 5.41) is 11.4. The number of anilines is 1. The number of carbonyl (C=O) groups is 1. The summed E-state index contributed by atoms with van der Waals surface area (Å²) in [6, 6.07) is 9.87. The summed E-state index contributed by atoms with van der Waals surface area (Å²) in [6.07, 6.45) is 6.52. The summed E-state index contributed by atoms with van der Waals surface area (Å²) >= 11 is 8.40. The molecule has 1 saturated heterocycles. The largest absolute Gasteiger partial charge is 0.383 e. The molecule has 2 aliphatic heterocycles. The number of halogens is 2. The lowest BCUT2D eigenvalue weighted by atomic mass is 9.88. The fourth-order valence-corrected chi connectivity index (χ4v) is 7.50. The number of hydrogen-bond acceptors (Lipinski definition) is 7. The number of likely N-dealkylation sites (tertiary alicyclic amines) is 1. The van der Waals surface area contributed by atoms with Crippen molar-refractivity contribution in [1.29, 1.82) is 0 Å². The molecule has 0 aliphatic carbocycles. The molecule has 2 aromatic carbocycles. The molecule has 45 heavy (non-hydrogen) atoms. The lowest BCUT2D eigenvalue weighted by molar-refractivity contribution is -0.118. The van der Waals surface area contributed by atoms with Crippen molar-refractivity contribution in [2.24, 2.45) is 0 Å². The summed E-state index contributed by atoms with van der Waals surface area (Å²) < 4.78 is 23.0. The Kier molecular flexibility index (Phi) is 8.43. The number of imidazole rings is 1. The predicted octanol–water partition coefficient (Wildman–Crippen LogP) is 6.27. The number of nitrogens with one attached hydrogen (secondary N) is 1. The van der Waals surface area contributed by atoms with E-state index < -0.39 is 12.2 Å². The number of nitrogens with zero attached hydrogens (tertiary/aromatic N) is 6. The minimum atomic E-state index is -1.01. The van der Waals surface area contributed by atoms with E-state index in [4.69, 9.17) is 21.4 Å². The third-order valence-electron chi connectivity index (χ3n) is 9.08. The van der Waals surface area contributed by atoms with Gasteiger partial charge in [-0.15, -0.1) is 11.3 Å². The van der Waals surface area contributed by atoms with Crippen LogP contribution in [0.15, 0.2) is 54.4 Å². The number of carbonyl (C=O) groups excluding carboxylic acids is 1. The molecule has 0 bridgehead atoms. The van der Waals surface area contributed by atoms with Crippen LogP contribution in [-0.2, 0) is 22.5 Å². The molecule has 12 heteroatoms. The Hall–Kier alpha value is -3.64. The third-order valence-corrected chi connectivity index (χ3v) is 10.1. The standard InChI is InChI=1S/C33H35ClFN7O2S/c1-20-15-25(23-5-3-21(4-6-23)22-7-10-40(11-8-22)12-13-44-2)28(34)29-26(20)18-42(39-29)31(32(43)38-33-36-9-14-45-33)30-27-16-24(35)17-41(27)19-37-30/h3-6,9,14-15,18-19,22,24,31H,7-8,10-13,16-17H2,1-2H3,(H,36,38,43). The van der Waals surface area contributed by atoms with Gasteiger partial charge in [0.2, 0.25) is 0 Å². The fraction of sp³-hybridized carbons (Fsp3) is 0.394. The molecule has 0 spiro atoms. The van der Waals surface area contributed by atoms with Gasteiger partial charge >= 0.3 is 0 Å². The number of aromatic nitrogens is 5. The molecule has 3 aromatic heterocycles. The van der Waals surface area contributed by atoms with E-state index in [1.807, 2.05) is 13.1 Å². The van der Waals surface area contributed by atoms with E-state index in [-0.39, 0.29) is 18.9 Å². The Labute approximate surface area is 270 Å². The van der Waals surface area contributed by atoms with Crippen molar-refractivity contribution in [1.82, 2.24) is 29.2 Å². The van der Waals surface area contributed by atoms with Gasteiger partial charge in [-0.1, -0.05) is 35.9 Å². The van der Waals surface area contributed by atoms with Gasteiger partial charge in [0.25, 0.3) is 5.91 Å². The number of rotatable bonds is 9. The molecule has 5 aromatic rings. The minimum absolute atomic E-state index is 0.198. The molecule has 0 radical (unpaired) electrons. The van der Waals surface area contributed by atoms with Crippen LogP contribution in [0.3, 0.4) is 0 Å². The molecule has 1 N–H and O–H groups in total. The fourth-order valence-electron chi connectivity index (χ4n) is 6.66. The summed E-state index contributed by atoms with van der Waals surface area (Å²) in [5.74, 6) is 0.188. The summed E-state index contributed by atoms with van der Waals surface area (Å²) in [6.45, 7) is 6.17. The maximum Gasteiger partial charge on any atom is 0.257 e. The molecule has 2 aliphatic rings. The van der Waals surface area contributed by atoms with Crippen molar-refractivity contribution in [3.63, 3.8) is 0 Å². The first-order valence-electron chi connectivity index (χ1n) is 15.3. The van der Waals surface area contributed by atoms with Crippen LogP contribution in [0.2, 0.25) is 5.02 Å². The van der Waals surface area contributed by atoms with Crippen LogP contribution in [0, 0.1) is 6.92 Å². The number of methoxy groups -OCH3 is 1. The lowest BCUT2D eigenvalue weighted by Crippen LogP contribution is -2.35. The van der Waals surface area contributed by atoms with E-state index in [1.54, 1.807) is 34.3 Å². The second kappa shape index (κ2) is 12.6. The highest BCUT2D eigenvalue weighted by Gasteiger charge is 2.34. The number of alkyl halides is 1. The summed E-state index contributed by atoms with van der Waals surface area (Å²) in [5.41, 5.74) is 6.02. The number of amides is 1. The topological polar surface area (TPSA) is 90.1 Å². The number of hydrogen-bond donors (Lipinski definition) is 1. The Morgan fingerprint density at radius 2 is 2.02 bits per heavy atom. The van der Waals surface area contributed by atoms with E-state index in [9.17, 15) is 9.18 Å². The number of benzene rings is 2. The number of fused-ring (bicyclic) bond motifs is 2. The zero-order valence-electron chi connectivity index (χ0n) is 25.2. The second-order valence-electron chi connectivity index (χ2n) is 11.9. The average Bonchev–Trinajstić information content (AvgIpc) is 3.85. The quantitative estimate of drug-likeness (QED) is 0.203. The zero-order valence-corrected chi connectivity index (χ0v) is 26.8. The van der Waals surface area contributed by atoms with Crippen LogP contribution >= 0.6 is 22.9 Å². The monoisotopic (exact) mass is 647 g/mol. The Morgan fingerprint density at radius 3 is 2.76 bits per heavy atom. The van der Waals surface area contributed by atoms with Crippen molar-refractivity contribution in [3.05, 3.63) is 82.0 Å². The first-order chi connectivity index (χ1) is 21.9. The first-order valence-corrected chi connectivity index (χ1v) is 16.5. The van der Waals surface area contributed by atoms with Crippen molar-refractivity contribution in [3.8, 4) is 11.1 Å². The summed E-state index contributed by atoms with van der Waals surface area (Å²) in [4.78, 5) is 25.0. The highest BCUT2D eigenvalue weighted by atomic mass is 35.5. The van der Waals surface area contributed by atoms with Crippen LogP contribution in [0.4, 0.5) is 9.52 Å². The highest BCUT2D eigenvalue weighted by molar-refractivity contribution is 7.13. The number of aryl methyl sites for hydroxylation is 1. The second-order valence-corrected chi connectivity index (χ2v) is 13.2. The van der Waals surface area contributed by atoms with Crippen molar-refractivity contribution >= 4 is 44.9 Å². The zero-order chi connectivity index (χ0) is 31.1. The maximum absolute atomic E-state index is 14.4. The van der Waals surface area contributed by atoms with Gasteiger partial charge in [-0.25, -0.2) is 14.4 Å². The molecular weight excluding hydrogens is 613 g/mol. The number of ether oxygens (including phenoxy) is 1. The number of thiazole rings is 1. The van der Waals surface area contributed by atoms with Gasteiger partial charge in [-0.3, -0.25) is 14.8 Å². The van der Waals surface area contributed by atoms with Crippen molar-refractivity contribution in [2.45, 2.75) is 50.9 Å². The molecule has 2 unspecified atom stereocenters. The third kappa shape index (κ3) is 5.90. The Bertz CT molecular complexity index is 1810. The van der Waals surface area contributed by atoms with Gasteiger partial charge in [0.15, 0.2) is 11.2 Å². The van der Waals surface area contributed by atoms with Crippen molar-refractivity contribution in [2.75, 3.05) is 38.7 Å². The predicted molar refractivity (Wildman–Crippen MR) is 175 cm³/mol. The molecule has 234 valence electrons. The van der Waals surface area contributed by atoms with Crippen LogP contribution < -0.4 is 5.32 Å². The highest BCUT2D eigenvalue weighted by Crippen LogP contribution is 2.38. The van der Waals surface area contributed by atoms with E-state index >= 15 is 0 Å². The van der Waals surface area contributed by atoms with Crippen LogP contribution in [0.5, 0.6) is 0 Å². The maximum atomic E-state index is 14.4. The van der Waals surface area contributed by atoms with Gasteiger partial charge in [-0.2, -0.15) is 5.10 Å². The van der Waals surface area contributed by atoms with Crippen molar-refractivity contribution < 1.29 is 13.9 Å². The van der Waals surface area contributed by atoms with Gasteiger partial charge in [0.1, 0.15) is 11.7 Å². The van der Waals surface area contributed by atoms with E-state index in [0.717, 1.165) is 61.2 Å².